The van der Waals surface area contributed by atoms with Crippen molar-refractivity contribution in [2.75, 3.05) is 6.54 Å². The van der Waals surface area contributed by atoms with Gasteiger partial charge in [0.1, 0.15) is 0 Å². The highest BCUT2D eigenvalue weighted by molar-refractivity contribution is 5.78. The van der Waals surface area contributed by atoms with Crippen LogP contribution in [0, 0.1) is 17.8 Å². The minimum Gasteiger partial charge on any atom is -0.356 e. The molecule has 0 bridgehead atoms. The first-order chi connectivity index (χ1) is 6.65. The van der Waals surface area contributed by atoms with Crippen LogP contribution >= 0.6 is 0 Å². The molecule has 2 unspecified atom stereocenters. The highest BCUT2D eigenvalue weighted by Crippen LogP contribution is 2.33. The van der Waals surface area contributed by atoms with Gasteiger partial charge in [0.2, 0.25) is 5.91 Å². The average molecular weight is 197 g/mol. The molecule has 1 rings (SSSR count). The van der Waals surface area contributed by atoms with E-state index in [0.29, 0.717) is 0 Å². The highest BCUT2D eigenvalue weighted by Gasteiger charge is 2.28. The molecule has 0 aromatic carbocycles. The third-order valence-corrected chi connectivity index (χ3v) is 3.38. The van der Waals surface area contributed by atoms with Gasteiger partial charge in [-0.15, -0.1) is 0 Å². The Bertz CT molecular complexity index is 189. The first kappa shape index (κ1) is 11.5. The van der Waals surface area contributed by atoms with Crippen LogP contribution in [0.1, 0.15) is 46.5 Å². The van der Waals surface area contributed by atoms with Gasteiger partial charge in [0.25, 0.3) is 0 Å². The maximum Gasteiger partial charge on any atom is 0.223 e. The van der Waals surface area contributed by atoms with Gasteiger partial charge < -0.3 is 5.32 Å². The summed E-state index contributed by atoms with van der Waals surface area (Å²) in [4.78, 5) is 11.7. The van der Waals surface area contributed by atoms with Gasteiger partial charge in [0, 0.05) is 12.5 Å². The number of carbonyl (C=O) groups is 1. The van der Waals surface area contributed by atoms with Crippen LogP contribution in [-0.4, -0.2) is 12.5 Å². The van der Waals surface area contributed by atoms with Crippen molar-refractivity contribution in [3.05, 3.63) is 0 Å². The molecule has 2 nitrogen and oxygen atoms in total. The molecule has 1 fully saturated rings. The smallest absolute Gasteiger partial charge is 0.223 e. The van der Waals surface area contributed by atoms with Gasteiger partial charge in [0.15, 0.2) is 0 Å². The summed E-state index contributed by atoms with van der Waals surface area (Å²) in [6.45, 7) is 7.29. The van der Waals surface area contributed by atoms with Gasteiger partial charge in [-0.05, 0) is 31.6 Å². The molecule has 0 radical (unpaired) electrons. The zero-order chi connectivity index (χ0) is 10.6. The van der Waals surface area contributed by atoms with E-state index >= 15 is 0 Å². The molecule has 0 aromatic rings. The molecule has 1 saturated carbocycles. The van der Waals surface area contributed by atoms with Crippen molar-refractivity contribution in [1.29, 1.82) is 0 Å². The number of hydrogen-bond donors (Lipinski definition) is 1. The summed E-state index contributed by atoms with van der Waals surface area (Å²) in [6.07, 6.45) is 4.73. The van der Waals surface area contributed by atoms with Gasteiger partial charge in [-0.25, -0.2) is 0 Å². The zero-order valence-corrected chi connectivity index (χ0v) is 9.68. The zero-order valence-electron chi connectivity index (χ0n) is 9.68. The summed E-state index contributed by atoms with van der Waals surface area (Å²) in [5.74, 6) is 2.05. The van der Waals surface area contributed by atoms with E-state index in [9.17, 15) is 4.79 Å². The molecule has 0 aromatic heterocycles. The molecule has 1 N–H and O–H groups in total. The van der Waals surface area contributed by atoms with Crippen molar-refractivity contribution < 1.29 is 4.79 Å². The fraction of sp³-hybridized carbons (Fsp3) is 0.917. The van der Waals surface area contributed by atoms with Crippen LogP contribution < -0.4 is 5.32 Å². The Labute approximate surface area is 87.5 Å². The Balaban J connectivity index is 2.43. The lowest BCUT2D eigenvalue weighted by Gasteiger charge is -2.30. The van der Waals surface area contributed by atoms with E-state index in [1.807, 2.05) is 6.92 Å². The molecule has 2 heteroatoms. The first-order valence-corrected chi connectivity index (χ1v) is 5.92. The Morgan fingerprint density at radius 3 is 2.71 bits per heavy atom. The quantitative estimate of drug-likeness (QED) is 0.740. The van der Waals surface area contributed by atoms with Crippen molar-refractivity contribution in [2.45, 2.75) is 46.5 Å². The molecule has 14 heavy (non-hydrogen) atoms. The average Bonchev–Trinajstić information content (AvgIpc) is 2.18. The Kier molecular flexibility index (Phi) is 4.43. The number of hydrogen-bond acceptors (Lipinski definition) is 1. The second kappa shape index (κ2) is 5.38. The highest BCUT2D eigenvalue weighted by atomic mass is 16.1. The second-order valence-corrected chi connectivity index (χ2v) is 4.76. The Morgan fingerprint density at radius 1 is 1.43 bits per heavy atom. The lowest BCUT2D eigenvalue weighted by molar-refractivity contribution is -0.126. The molecule has 1 amide bonds. The molecule has 0 aliphatic heterocycles. The topological polar surface area (TPSA) is 29.1 Å². The Morgan fingerprint density at radius 2 is 2.14 bits per heavy atom. The summed E-state index contributed by atoms with van der Waals surface area (Å²) in [6, 6.07) is 0. The molecule has 1 aliphatic carbocycles. The van der Waals surface area contributed by atoms with E-state index in [4.69, 9.17) is 0 Å². The van der Waals surface area contributed by atoms with Crippen molar-refractivity contribution in [1.82, 2.24) is 5.32 Å². The fourth-order valence-corrected chi connectivity index (χ4v) is 2.39. The van der Waals surface area contributed by atoms with Crippen molar-refractivity contribution >= 4 is 5.91 Å². The summed E-state index contributed by atoms with van der Waals surface area (Å²) in [7, 11) is 0. The monoisotopic (exact) mass is 197 g/mol. The summed E-state index contributed by atoms with van der Waals surface area (Å²) in [5, 5.41) is 2.94. The van der Waals surface area contributed by atoms with E-state index < -0.39 is 0 Å². The predicted octanol–water partition coefficient (Wildman–Crippen LogP) is 2.58. The van der Waals surface area contributed by atoms with E-state index in [1.165, 1.54) is 12.8 Å². The van der Waals surface area contributed by atoms with Crippen LogP contribution in [0.3, 0.4) is 0 Å². The molecule has 2 atom stereocenters. The maximum absolute atomic E-state index is 11.7. The first-order valence-electron chi connectivity index (χ1n) is 5.92. The largest absolute Gasteiger partial charge is 0.356 e. The van der Waals surface area contributed by atoms with Gasteiger partial charge in [-0.1, -0.05) is 26.7 Å². The van der Waals surface area contributed by atoms with Gasteiger partial charge >= 0.3 is 0 Å². The predicted molar refractivity (Wildman–Crippen MR) is 59.0 cm³/mol. The van der Waals surface area contributed by atoms with Crippen LogP contribution in [0.5, 0.6) is 0 Å². The molecular weight excluding hydrogens is 174 g/mol. The van der Waals surface area contributed by atoms with Crippen molar-refractivity contribution in [3.63, 3.8) is 0 Å². The Hall–Kier alpha value is -0.530. The van der Waals surface area contributed by atoms with E-state index in [0.717, 1.165) is 31.2 Å². The maximum atomic E-state index is 11.7. The van der Waals surface area contributed by atoms with E-state index in [2.05, 4.69) is 19.2 Å². The molecular formula is C12H23NO. The number of rotatable bonds is 3. The minimum absolute atomic E-state index is 0.276. The van der Waals surface area contributed by atoms with E-state index in [-0.39, 0.29) is 11.8 Å². The number of amides is 1. The molecule has 82 valence electrons. The van der Waals surface area contributed by atoms with Gasteiger partial charge in [-0.2, -0.15) is 0 Å². The molecule has 0 heterocycles. The summed E-state index contributed by atoms with van der Waals surface area (Å²) >= 11 is 0. The third-order valence-electron chi connectivity index (χ3n) is 3.38. The fourth-order valence-electron chi connectivity index (χ4n) is 2.39. The van der Waals surface area contributed by atoms with Gasteiger partial charge in [-0.3, -0.25) is 4.79 Å². The molecule has 0 saturated heterocycles. The van der Waals surface area contributed by atoms with Crippen LogP contribution in [0.2, 0.25) is 0 Å². The minimum atomic E-state index is 0.276. The van der Waals surface area contributed by atoms with Crippen LogP contribution in [-0.2, 0) is 4.79 Å². The van der Waals surface area contributed by atoms with E-state index in [1.54, 1.807) is 0 Å². The van der Waals surface area contributed by atoms with Gasteiger partial charge in [0.05, 0.1) is 0 Å². The lowest BCUT2D eigenvalue weighted by Crippen LogP contribution is -2.34. The normalized spacial score (nSPS) is 27.7. The second-order valence-electron chi connectivity index (χ2n) is 4.76. The summed E-state index contributed by atoms with van der Waals surface area (Å²) < 4.78 is 0. The van der Waals surface area contributed by atoms with Crippen LogP contribution in [0.4, 0.5) is 0 Å². The lowest BCUT2D eigenvalue weighted by atomic mass is 9.76. The number of nitrogens with one attached hydrogen (secondary N) is 1. The molecule has 1 aliphatic rings. The van der Waals surface area contributed by atoms with Crippen LogP contribution in [0.25, 0.3) is 0 Å². The standard InChI is InChI=1S/C12H23NO/c1-4-13-12(14)11-7-5-6-10(8-11)9(2)3/h9-11H,4-8H2,1-3H3,(H,13,14). The molecule has 0 spiro atoms. The summed E-state index contributed by atoms with van der Waals surface area (Å²) in [5.41, 5.74) is 0. The van der Waals surface area contributed by atoms with Crippen molar-refractivity contribution in [2.24, 2.45) is 17.8 Å². The SMILES string of the molecule is CCNC(=O)C1CCCC(C(C)C)C1. The third kappa shape index (κ3) is 3.00. The number of carbonyl (C=O) groups excluding carboxylic acids is 1. The van der Waals surface area contributed by atoms with Crippen molar-refractivity contribution in [3.8, 4) is 0 Å². The van der Waals surface area contributed by atoms with Crippen LogP contribution in [0.15, 0.2) is 0 Å².